The Labute approximate surface area is 76.5 Å². The number of rotatable bonds is 0. The zero-order valence-corrected chi connectivity index (χ0v) is 7.31. The van der Waals surface area contributed by atoms with E-state index in [9.17, 15) is 10.3 Å². The highest BCUT2D eigenvalue weighted by molar-refractivity contribution is 5.72. The van der Waals surface area contributed by atoms with Crippen molar-refractivity contribution >= 4 is 11.8 Å². The number of hydrogen-bond acceptors (Lipinski definition) is 3. The van der Waals surface area contributed by atoms with Crippen LogP contribution in [-0.2, 0) is 0 Å². The molecule has 1 atom stereocenters. The number of fused-ring (bicyclic) bond motifs is 1. The maximum absolute atomic E-state index is 9.54. The van der Waals surface area contributed by atoms with Crippen molar-refractivity contribution in [2.24, 2.45) is 0 Å². The highest BCUT2D eigenvalue weighted by Gasteiger charge is 2.22. The minimum Gasteiger partial charge on any atom is -0.368 e. The average Bonchev–Trinajstić information content (AvgIpc) is 2.15. The second-order valence-corrected chi connectivity index (χ2v) is 3.17. The van der Waals surface area contributed by atoms with Crippen molar-refractivity contribution < 1.29 is 10.3 Å². The third-order valence-corrected chi connectivity index (χ3v) is 2.21. The lowest BCUT2D eigenvalue weighted by Gasteiger charge is -2.29. The number of aliphatic hydroxyl groups excluding tert-OH is 1. The molecule has 0 fully saturated rings. The second-order valence-electron chi connectivity index (χ2n) is 3.17. The summed E-state index contributed by atoms with van der Waals surface area (Å²) >= 11 is 0. The van der Waals surface area contributed by atoms with Crippen LogP contribution in [0.2, 0.25) is 0 Å². The standard InChI is InChI=1S/C10H11NO2/c1-7-6-8-4-2-3-5-9(8)11(13)10(7)12/h2-6,10,12-13H,1H3. The molecule has 2 rings (SSSR count). The summed E-state index contributed by atoms with van der Waals surface area (Å²) < 4.78 is 0. The lowest BCUT2D eigenvalue weighted by molar-refractivity contribution is 0.0904. The van der Waals surface area contributed by atoms with Gasteiger partial charge in [-0.1, -0.05) is 18.2 Å². The largest absolute Gasteiger partial charge is 0.368 e. The third kappa shape index (κ3) is 1.22. The summed E-state index contributed by atoms with van der Waals surface area (Å²) in [6.07, 6.45) is 0.946. The van der Waals surface area contributed by atoms with E-state index in [1.54, 1.807) is 13.0 Å². The monoisotopic (exact) mass is 177 g/mol. The molecule has 1 heterocycles. The van der Waals surface area contributed by atoms with Gasteiger partial charge in [0.25, 0.3) is 0 Å². The van der Waals surface area contributed by atoms with Crippen LogP contribution in [0.25, 0.3) is 6.08 Å². The molecule has 13 heavy (non-hydrogen) atoms. The summed E-state index contributed by atoms with van der Waals surface area (Å²) in [6.45, 7) is 1.78. The van der Waals surface area contributed by atoms with Crippen LogP contribution in [0, 0.1) is 0 Å². The molecule has 1 aliphatic rings. The van der Waals surface area contributed by atoms with Gasteiger partial charge in [0, 0.05) is 5.56 Å². The number of aliphatic hydroxyl groups is 1. The van der Waals surface area contributed by atoms with Crippen LogP contribution in [0.15, 0.2) is 29.8 Å². The molecule has 2 N–H and O–H groups in total. The topological polar surface area (TPSA) is 43.7 Å². The van der Waals surface area contributed by atoms with E-state index in [1.807, 2.05) is 24.3 Å². The molecular formula is C10H11NO2. The van der Waals surface area contributed by atoms with Gasteiger partial charge in [0.1, 0.15) is 0 Å². The van der Waals surface area contributed by atoms with Gasteiger partial charge in [0.05, 0.1) is 5.69 Å². The molecule has 0 spiro atoms. The van der Waals surface area contributed by atoms with E-state index in [1.165, 1.54) is 0 Å². The van der Waals surface area contributed by atoms with Crippen LogP contribution in [-0.4, -0.2) is 16.5 Å². The number of hydroxylamine groups is 1. The van der Waals surface area contributed by atoms with E-state index in [0.29, 0.717) is 5.69 Å². The van der Waals surface area contributed by atoms with Crippen LogP contribution < -0.4 is 5.06 Å². The average molecular weight is 177 g/mol. The molecule has 1 aliphatic heterocycles. The van der Waals surface area contributed by atoms with E-state index >= 15 is 0 Å². The Morgan fingerprint density at radius 2 is 2.00 bits per heavy atom. The van der Waals surface area contributed by atoms with Crippen molar-refractivity contribution in [2.75, 3.05) is 5.06 Å². The fraction of sp³-hybridized carbons (Fsp3) is 0.200. The lowest BCUT2D eigenvalue weighted by Crippen LogP contribution is -2.35. The molecule has 1 aromatic carbocycles. The Morgan fingerprint density at radius 3 is 2.77 bits per heavy atom. The van der Waals surface area contributed by atoms with Gasteiger partial charge in [0.2, 0.25) is 0 Å². The molecule has 68 valence electrons. The highest BCUT2D eigenvalue weighted by atomic mass is 16.5. The van der Waals surface area contributed by atoms with Gasteiger partial charge in [-0.3, -0.25) is 5.21 Å². The van der Waals surface area contributed by atoms with E-state index < -0.39 is 6.23 Å². The Bertz CT molecular complexity index is 360. The number of para-hydroxylation sites is 1. The quantitative estimate of drug-likeness (QED) is 0.632. The van der Waals surface area contributed by atoms with E-state index in [-0.39, 0.29) is 0 Å². The molecule has 0 aliphatic carbocycles. The number of nitrogens with zero attached hydrogens (tertiary/aromatic N) is 1. The number of anilines is 1. The van der Waals surface area contributed by atoms with Gasteiger partial charge < -0.3 is 5.11 Å². The molecule has 1 unspecified atom stereocenters. The highest BCUT2D eigenvalue weighted by Crippen LogP contribution is 2.29. The van der Waals surface area contributed by atoms with E-state index in [4.69, 9.17) is 0 Å². The van der Waals surface area contributed by atoms with Crippen LogP contribution in [0.5, 0.6) is 0 Å². The molecule has 0 saturated carbocycles. The summed E-state index contributed by atoms with van der Waals surface area (Å²) in [4.78, 5) is 0. The van der Waals surface area contributed by atoms with Crippen molar-refractivity contribution in [3.05, 3.63) is 35.4 Å². The van der Waals surface area contributed by atoms with Crippen LogP contribution >= 0.6 is 0 Å². The fourth-order valence-corrected chi connectivity index (χ4v) is 1.46. The third-order valence-electron chi connectivity index (χ3n) is 2.21. The molecule has 0 amide bonds. The lowest BCUT2D eigenvalue weighted by atomic mass is 10.0. The summed E-state index contributed by atoms with van der Waals surface area (Å²) in [7, 11) is 0. The predicted octanol–water partition coefficient (Wildman–Crippen LogP) is 1.62. The van der Waals surface area contributed by atoms with Crippen molar-refractivity contribution in [1.29, 1.82) is 0 Å². The van der Waals surface area contributed by atoms with Crippen LogP contribution in [0.1, 0.15) is 12.5 Å². The Balaban J connectivity index is 2.56. The summed E-state index contributed by atoms with van der Waals surface area (Å²) in [5.41, 5.74) is 2.30. The van der Waals surface area contributed by atoms with Gasteiger partial charge in [0.15, 0.2) is 6.23 Å². The molecule has 0 saturated heterocycles. The number of hydrogen-bond donors (Lipinski definition) is 2. The molecule has 0 radical (unpaired) electrons. The molecule has 0 aromatic heterocycles. The minimum atomic E-state index is -0.921. The normalized spacial score (nSPS) is 21.0. The maximum atomic E-state index is 9.54. The van der Waals surface area contributed by atoms with Gasteiger partial charge in [-0.05, 0) is 24.6 Å². The Morgan fingerprint density at radius 1 is 1.31 bits per heavy atom. The fourth-order valence-electron chi connectivity index (χ4n) is 1.46. The zero-order valence-electron chi connectivity index (χ0n) is 7.31. The van der Waals surface area contributed by atoms with Gasteiger partial charge in [-0.2, -0.15) is 0 Å². The molecule has 1 aromatic rings. The smallest absolute Gasteiger partial charge is 0.173 e. The van der Waals surface area contributed by atoms with E-state index in [0.717, 1.165) is 16.2 Å². The van der Waals surface area contributed by atoms with Gasteiger partial charge >= 0.3 is 0 Å². The van der Waals surface area contributed by atoms with Crippen LogP contribution in [0.3, 0.4) is 0 Å². The first-order valence-corrected chi connectivity index (χ1v) is 4.13. The van der Waals surface area contributed by atoms with Crippen molar-refractivity contribution in [1.82, 2.24) is 0 Å². The van der Waals surface area contributed by atoms with E-state index in [2.05, 4.69) is 0 Å². The summed E-state index contributed by atoms with van der Waals surface area (Å²) in [5.74, 6) is 0. The SMILES string of the molecule is CC1=Cc2ccccc2N(O)C1O. The Kier molecular flexibility index (Phi) is 1.83. The predicted molar refractivity (Wildman–Crippen MR) is 50.4 cm³/mol. The van der Waals surface area contributed by atoms with Gasteiger partial charge in [-0.15, -0.1) is 0 Å². The molecule has 0 bridgehead atoms. The molecule has 3 heteroatoms. The number of benzene rings is 1. The summed E-state index contributed by atoms with van der Waals surface area (Å²) in [5, 5.41) is 19.9. The van der Waals surface area contributed by atoms with Crippen molar-refractivity contribution in [3.63, 3.8) is 0 Å². The first-order chi connectivity index (χ1) is 6.20. The van der Waals surface area contributed by atoms with Crippen molar-refractivity contribution in [2.45, 2.75) is 13.2 Å². The summed E-state index contributed by atoms with van der Waals surface area (Å²) in [6, 6.07) is 7.38. The van der Waals surface area contributed by atoms with Crippen molar-refractivity contribution in [3.8, 4) is 0 Å². The second kappa shape index (κ2) is 2.87. The Hall–Kier alpha value is -1.32. The maximum Gasteiger partial charge on any atom is 0.173 e. The van der Waals surface area contributed by atoms with Gasteiger partial charge in [-0.25, -0.2) is 5.06 Å². The first kappa shape index (κ1) is 8.29. The molecule has 3 nitrogen and oxygen atoms in total. The first-order valence-electron chi connectivity index (χ1n) is 4.13. The molecular weight excluding hydrogens is 166 g/mol. The van der Waals surface area contributed by atoms with Crippen LogP contribution in [0.4, 0.5) is 5.69 Å². The minimum absolute atomic E-state index is 0.639. The zero-order chi connectivity index (χ0) is 9.42.